The average molecular weight is 374 g/mol. The van der Waals surface area contributed by atoms with E-state index >= 15 is 0 Å². The van der Waals surface area contributed by atoms with E-state index in [0.29, 0.717) is 24.6 Å². The molecule has 1 amide bonds. The molecule has 2 aromatic heterocycles. The van der Waals surface area contributed by atoms with Crippen LogP contribution < -0.4 is 0 Å². The Balaban J connectivity index is 1.34. The number of carbonyl (C=O) groups excluding carboxylic acids is 2. The van der Waals surface area contributed by atoms with Crippen LogP contribution in [-0.2, 0) is 11.2 Å². The maximum Gasteiger partial charge on any atom is 0.295 e. The Kier molecular flexibility index (Phi) is 5.28. The third-order valence-corrected chi connectivity index (χ3v) is 5.21. The predicted molar refractivity (Wildman–Crippen MR) is 105 cm³/mol. The topological polar surface area (TPSA) is 79.0 Å². The molecule has 1 N–H and O–H groups in total. The number of nitrogens with zero attached hydrogens (tertiary/aromatic N) is 3. The molecule has 3 heterocycles. The smallest absolute Gasteiger partial charge is 0.295 e. The van der Waals surface area contributed by atoms with Gasteiger partial charge in [0.15, 0.2) is 0 Å². The molecule has 4 rings (SSSR count). The molecule has 1 aliphatic heterocycles. The second-order valence-electron chi connectivity index (χ2n) is 7.12. The lowest BCUT2D eigenvalue weighted by atomic mass is 9.93. The Labute approximate surface area is 163 Å². The van der Waals surface area contributed by atoms with Crippen LogP contribution >= 0.6 is 0 Å². The van der Waals surface area contributed by atoms with Gasteiger partial charge < -0.3 is 4.90 Å². The van der Waals surface area contributed by atoms with Gasteiger partial charge in [0.05, 0.1) is 5.69 Å². The number of Topliss-reactive ketones (excluding diaryl/α,β-unsaturated/α-hetero) is 1. The van der Waals surface area contributed by atoms with Crippen molar-refractivity contribution in [2.45, 2.75) is 25.2 Å². The molecule has 28 heavy (non-hydrogen) atoms. The lowest BCUT2D eigenvalue weighted by Gasteiger charge is -2.30. The zero-order valence-electron chi connectivity index (χ0n) is 15.5. The van der Waals surface area contributed by atoms with Gasteiger partial charge in [0.1, 0.15) is 0 Å². The van der Waals surface area contributed by atoms with Crippen LogP contribution in [0, 0.1) is 0 Å². The number of hydrogen-bond acceptors (Lipinski definition) is 4. The van der Waals surface area contributed by atoms with E-state index in [1.165, 1.54) is 11.8 Å². The van der Waals surface area contributed by atoms with Crippen molar-refractivity contribution in [1.82, 2.24) is 20.1 Å². The molecule has 1 aromatic carbocycles. The third-order valence-electron chi connectivity index (χ3n) is 5.21. The van der Waals surface area contributed by atoms with Crippen LogP contribution in [0.4, 0.5) is 0 Å². The highest BCUT2D eigenvalue weighted by Gasteiger charge is 2.29. The number of nitrogens with one attached hydrogen (secondary N) is 1. The van der Waals surface area contributed by atoms with Gasteiger partial charge in [0.2, 0.25) is 0 Å². The number of amides is 1. The van der Waals surface area contributed by atoms with Crippen LogP contribution in [0.25, 0.3) is 0 Å². The fraction of sp³-hybridized carbons (Fsp3) is 0.273. The van der Waals surface area contributed by atoms with E-state index in [1.54, 1.807) is 23.2 Å². The molecule has 0 spiro atoms. The normalized spacial score (nSPS) is 14.8. The number of ketones is 1. The largest absolute Gasteiger partial charge is 0.336 e. The Morgan fingerprint density at radius 3 is 2.57 bits per heavy atom. The molecule has 6 nitrogen and oxygen atoms in total. The number of aromatic amines is 1. The Bertz CT molecular complexity index is 945. The van der Waals surface area contributed by atoms with E-state index in [1.807, 2.05) is 18.2 Å². The van der Waals surface area contributed by atoms with Gasteiger partial charge in [-0.1, -0.05) is 30.3 Å². The molecule has 0 aliphatic carbocycles. The van der Waals surface area contributed by atoms with Gasteiger partial charge in [0.25, 0.3) is 11.7 Å². The molecule has 0 atom stereocenters. The molecule has 1 fully saturated rings. The summed E-state index contributed by atoms with van der Waals surface area (Å²) in [5, 5.41) is 7.62. The molecule has 0 unspecified atom stereocenters. The lowest BCUT2D eigenvalue weighted by molar-refractivity contribution is -0.127. The van der Waals surface area contributed by atoms with E-state index in [2.05, 4.69) is 33.4 Å². The van der Waals surface area contributed by atoms with E-state index in [-0.39, 0.29) is 0 Å². The highest BCUT2D eigenvalue weighted by atomic mass is 16.2. The Morgan fingerprint density at radius 1 is 1.07 bits per heavy atom. The first-order chi connectivity index (χ1) is 13.7. The van der Waals surface area contributed by atoms with Crippen molar-refractivity contribution in [1.29, 1.82) is 0 Å². The molecule has 0 radical (unpaired) electrons. The highest BCUT2D eigenvalue weighted by molar-refractivity contribution is 6.42. The molecule has 1 saturated heterocycles. The van der Waals surface area contributed by atoms with Crippen LogP contribution in [0.15, 0.2) is 60.9 Å². The first kappa shape index (κ1) is 18.1. The molecule has 142 valence electrons. The van der Waals surface area contributed by atoms with Gasteiger partial charge in [-0.15, -0.1) is 0 Å². The SMILES string of the molecule is O=C(C(=O)N1CCC(c2cc(Cc3ccccc3)[nH]n2)CC1)c1cccnc1. The van der Waals surface area contributed by atoms with Crippen LogP contribution in [0.2, 0.25) is 0 Å². The summed E-state index contributed by atoms with van der Waals surface area (Å²) in [4.78, 5) is 30.4. The maximum atomic E-state index is 12.5. The van der Waals surface area contributed by atoms with Gasteiger partial charge in [-0.3, -0.25) is 19.7 Å². The summed E-state index contributed by atoms with van der Waals surface area (Å²) in [7, 11) is 0. The van der Waals surface area contributed by atoms with Crippen molar-refractivity contribution in [3.05, 3.63) is 83.4 Å². The number of hydrogen-bond donors (Lipinski definition) is 1. The Morgan fingerprint density at radius 2 is 1.86 bits per heavy atom. The second-order valence-corrected chi connectivity index (χ2v) is 7.12. The third kappa shape index (κ3) is 4.01. The van der Waals surface area contributed by atoms with Gasteiger partial charge >= 0.3 is 0 Å². The summed E-state index contributed by atoms with van der Waals surface area (Å²) in [6.07, 6.45) is 5.46. The Hall–Kier alpha value is -3.28. The summed E-state index contributed by atoms with van der Waals surface area (Å²) < 4.78 is 0. The minimum atomic E-state index is -0.489. The van der Waals surface area contributed by atoms with Crippen molar-refractivity contribution < 1.29 is 9.59 Å². The van der Waals surface area contributed by atoms with E-state index in [0.717, 1.165) is 30.7 Å². The van der Waals surface area contributed by atoms with Crippen molar-refractivity contribution in [3.63, 3.8) is 0 Å². The van der Waals surface area contributed by atoms with Crippen molar-refractivity contribution in [2.24, 2.45) is 0 Å². The van der Waals surface area contributed by atoms with E-state index < -0.39 is 11.7 Å². The summed E-state index contributed by atoms with van der Waals surface area (Å²) in [5.41, 5.74) is 3.71. The zero-order chi connectivity index (χ0) is 19.3. The number of likely N-dealkylation sites (tertiary alicyclic amines) is 1. The number of carbonyl (C=O) groups is 2. The number of pyridine rings is 1. The predicted octanol–water partition coefficient (Wildman–Crippen LogP) is 2.98. The number of rotatable bonds is 5. The number of H-pyrrole nitrogens is 1. The van der Waals surface area contributed by atoms with E-state index in [9.17, 15) is 9.59 Å². The molecule has 1 aliphatic rings. The van der Waals surface area contributed by atoms with Gasteiger partial charge in [0, 0.05) is 49.1 Å². The van der Waals surface area contributed by atoms with Gasteiger partial charge in [-0.05, 0) is 36.6 Å². The number of aromatic nitrogens is 3. The van der Waals surface area contributed by atoms with Crippen molar-refractivity contribution >= 4 is 11.7 Å². The minimum absolute atomic E-state index is 0.304. The number of benzene rings is 1. The zero-order valence-corrected chi connectivity index (χ0v) is 15.5. The van der Waals surface area contributed by atoms with Crippen LogP contribution in [0.3, 0.4) is 0 Å². The minimum Gasteiger partial charge on any atom is -0.336 e. The molecular formula is C22H22N4O2. The van der Waals surface area contributed by atoms with Crippen LogP contribution in [0.5, 0.6) is 0 Å². The summed E-state index contributed by atoms with van der Waals surface area (Å²) in [6.45, 7) is 1.13. The summed E-state index contributed by atoms with van der Waals surface area (Å²) >= 11 is 0. The highest BCUT2D eigenvalue weighted by Crippen LogP contribution is 2.27. The van der Waals surface area contributed by atoms with E-state index in [4.69, 9.17) is 0 Å². The van der Waals surface area contributed by atoms with Crippen LogP contribution in [0.1, 0.15) is 46.1 Å². The maximum absolute atomic E-state index is 12.5. The molecule has 0 saturated carbocycles. The van der Waals surface area contributed by atoms with Gasteiger partial charge in [-0.25, -0.2) is 0 Å². The monoisotopic (exact) mass is 374 g/mol. The van der Waals surface area contributed by atoms with Crippen LogP contribution in [-0.4, -0.2) is 44.9 Å². The summed E-state index contributed by atoms with van der Waals surface area (Å²) in [5.74, 6) is -0.631. The summed E-state index contributed by atoms with van der Waals surface area (Å²) in [6, 6.07) is 15.7. The first-order valence-corrected chi connectivity index (χ1v) is 9.52. The fourth-order valence-corrected chi connectivity index (χ4v) is 3.64. The van der Waals surface area contributed by atoms with Crippen molar-refractivity contribution in [2.75, 3.05) is 13.1 Å². The quantitative estimate of drug-likeness (QED) is 0.550. The lowest BCUT2D eigenvalue weighted by Crippen LogP contribution is -2.41. The number of piperidine rings is 1. The molecule has 6 heteroatoms. The first-order valence-electron chi connectivity index (χ1n) is 9.52. The second kappa shape index (κ2) is 8.17. The molecule has 0 bridgehead atoms. The fourth-order valence-electron chi connectivity index (χ4n) is 3.64. The van der Waals surface area contributed by atoms with Crippen molar-refractivity contribution in [3.8, 4) is 0 Å². The average Bonchev–Trinajstić information content (AvgIpc) is 3.22. The molecular weight excluding hydrogens is 352 g/mol. The molecule has 3 aromatic rings. The van der Waals surface area contributed by atoms with Gasteiger partial charge in [-0.2, -0.15) is 5.10 Å². The standard InChI is InChI=1S/C22H22N4O2/c27-21(18-7-4-10-23-15-18)22(28)26-11-8-17(9-12-26)20-14-19(24-25-20)13-16-5-2-1-3-6-16/h1-7,10,14-15,17H,8-9,11-13H2,(H,24,25).